The zero-order chi connectivity index (χ0) is 18.9. The molecule has 3 aliphatic rings. The van der Waals surface area contributed by atoms with Crippen molar-refractivity contribution >= 4 is 0 Å². The standard InChI is InChI=1S/C24H24N2O2/c25-14-17-2-4-18(5-3-17)19-6-8-20(9-7-19)27-13-1-12-26-15-21-22(16-26)24-11-10-23(21)28-24/h2-11,21-24H,1,12-13,15-16H2/t21-,22+,23+,24-. The highest BCUT2D eigenvalue weighted by molar-refractivity contribution is 5.64. The summed E-state index contributed by atoms with van der Waals surface area (Å²) in [5.74, 6) is 2.31. The molecule has 2 aromatic carbocycles. The Morgan fingerprint density at radius 2 is 1.54 bits per heavy atom. The predicted octanol–water partition coefficient (Wildman–Crippen LogP) is 3.88. The minimum atomic E-state index is 0.367. The first kappa shape index (κ1) is 17.5. The van der Waals surface area contributed by atoms with E-state index in [0.29, 0.717) is 29.6 Å². The van der Waals surface area contributed by atoms with Gasteiger partial charge in [0.15, 0.2) is 0 Å². The van der Waals surface area contributed by atoms with Crippen LogP contribution >= 0.6 is 0 Å². The fraction of sp³-hybridized carbons (Fsp3) is 0.375. The number of nitriles is 1. The van der Waals surface area contributed by atoms with Crippen molar-refractivity contribution < 1.29 is 9.47 Å². The number of benzene rings is 2. The van der Waals surface area contributed by atoms with Gasteiger partial charge in [0.1, 0.15) is 5.75 Å². The van der Waals surface area contributed by atoms with Crippen LogP contribution in [0.4, 0.5) is 0 Å². The van der Waals surface area contributed by atoms with Crippen molar-refractivity contribution in [2.45, 2.75) is 18.6 Å². The lowest BCUT2D eigenvalue weighted by Gasteiger charge is -2.18. The zero-order valence-electron chi connectivity index (χ0n) is 15.8. The van der Waals surface area contributed by atoms with E-state index in [-0.39, 0.29) is 0 Å². The van der Waals surface area contributed by atoms with Gasteiger partial charge in [-0.05, 0) is 41.8 Å². The number of hydrogen-bond donors (Lipinski definition) is 0. The fourth-order valence-electron chi connectivity index (χ4n) is 4.76. The largest absolute Gasteiger partial charge is 0.494 e. The summed E-state index contributed by atoms with van der Waals surface area (Å²) < 4.78 is 11.9. The molecule has 0 N–H and O–H groups in total. The molecule has 3 heterocycles. The minimum absolute atomic E-state index is 0.367. The van der Waals surface area contributed by atoms with Crippen LogP contribution < -0.4 is 4.74 Å². The summed E-state index contributed by atoms with van der Waals surface area (Å²) in [5, 5.41) is 8.90. The van der Waals surface area contributed by atoms with E-state index in [4.69, 9.17) is 14.7 Å². The molecule has 0 saturated carbocycles. The first-order valence-electron chi connectivity index (χ1n) is 10.1. The molecule has 0 amide bonds. The highest BCUT2D eigenvalue weighted by Gasteiger charge is 2.50. The summed E-state index contributed by atoms with van der Waals surface area (Å²) in [7, 11) is 0. The summed E-state index contributed by atoms with van der Waals surface area (Å²) >= 11 is 0. The third-order valence-corrected chi connectivity index (χ3v) is 6.23. The predicted molar refractivity (Wildman–Crippen MR) is 108 cm³/mol. The molecule has 5 rings (SSSR count). The maximum absolute atomic E-state index is 8.90. The van der Waals surface area contributed by atoms with Crippen molar-refractivity contribution in [2.24, 2.45) is 11.8 Å². The Morgan fingerprint density at radius 1 is 0.929 bits per heavy atom. The minimum Gasteiger partial charge on any atom is -0.494 e. The number of fused-ring (bicyclic) bond motifs is 5. The lowest BCUT2D eigenvalue weighted by atomic mass is 9.86. The Kier molecular flexibility index (Phi) is 4.64. The van der Waals surface area contributed by atoms with Crippen LogP contribution in [-0.4, -0.2) is 43.3 Å². The van der Waals surface area contributed by atoms with E-state index >= 15 is 0 Å². The first-order valence-corrected chi connectivity index (χ1v) is 10.1. The summed E-state index contributed by atoms with van der Waals surface area (Å²) in [4.78, 5) is 2.57. The monoisotopic (exact) mass is 372 g/mol. The molecule has 2 bridgehead atoms. The second kappa shape index (κ2) is 7.43. The summed E-state index contributed by atoms with van der Waals surface area (Å²) in [6.45, 7) is 4.16. The van der Waals surface area contributed by atoms with Gasteiger partial charge in [0.25, 0.3) is 0 Å². The van der Waals surface area contributed by atoms with Crippen LogP contribution in [0.25, 0.3) is 11.1 Å². The Morgan fingerprint density at radius 3 is 2.14 bits per heavy atom. The zero-order valence-corrected chi connectivity index (χ0v) is 15.8. The average molecular weight is 372 g/mol. The van der Waals surface area contributed by atoms with Crippen molar-refractivity contribution in [1.29, 1.82) is 5.26 Å². The molecule has 2 saturated heterocycles. The number of hydrogen-bond acceptors (Lipinski definition) is 4. The van der Waals surface area contributed by atoms with E-state index in [1.165, 1.54) is 0 Å². The maximum Gasteiger partial charge on any atom is 0.119 e. The smallest absolute Gasteiger partial charge is 0.119 e. The third kappa shape index (κ3) is 3.32. The third-order valence-electron chi connectivity index (χ3n) is 6.23. The molecule has 2 aromatic rings. The van der Waals surface area contributed by atoms with Gasteiger partial charge in [-0.15, -0.1) is 0 Å². The van der Waals surface area contributed by atoms with Gasteiger partial charge in [-0.2, -0.15) is 5.26 Å². The SMILES string of the molecule is N#Cc1ccc(-c2ccc(OCCCN3C[C@@H]4[C@H](C3)[C@H]3C=C[C@@H]4O3)cc2)cc1. The van der Waals surface area contributed by atoms with Crippen LogP contribution in [0, 0.1) is 23.2 Å². The van der Waals surface area contributed by atoms with Crippen molar-refractivity contribution in [3.63, 3.8) is 0 Å². The molecule has 0 radical (unpaired) electrons. The van der Waals surface area contributed by atoms with Crippen LogP contribution in [0.15, 0.2) is 60.7 Å². The van der Waals surface area contributed by atoms with E-state index < -0.39 is 0 Å². The van der Waals surface area contributed by atoms with Crippen molar-refractivity contribution in [1.82, 2.24) is 4.90 Å². The number of ether oxygens (including phenoxy) is 2. The molecule has 2 fully saturated rings. The van der Waals surface area contributed by atoms with Gasteiger partial charge in [0.05, 0.1) is 30.4 Å². The van der Waals surface area contributed by atoms with Crippen LogP contribution in [0.1, 0.15) is 12.0 Å². The normalized spacial score (nSPS) is 27.7. The number of nitrogens with zero attached hydrogens (tertiary/aromatic N) is 2. The lowest BCUT2D eigenvalue weighted by molar-refractivity contribution is 0.0841. The van der Waals surface area contributed by atoms with Crippen LogP contribution in [0.3, 0.4) is 0 Å². The molecule has 0 aliphatic carbocycles. The van der Waals surface area contributed by atoms with Gasteiger partial charge in [-0.1, -0.05) is 36.4 Å². The van der Waals surface area contributed by atoms with Crippen LogP contribution in [-0.2, 0) is 4.74 Å². The van der Waals surface area contributed by atoms with Crippen molar-refractivity contribution in [2.75, 3.05) is 26.2 Å². The maximum atomic E-state index is 8.90. The second-order valence-electron chi connectivity index (χ2n) is 7.95. The second-order valence-corrected chi connectivity index (χ2v) is 7.95. The van der Waals surface area contributed by atoms with E-state index in [1.807, 2.05) is 36.4 Å². The summed E-state index contributed by atoms with van der Waals surface area (Å²) in [6.07, 6.45) is 6.28. The summed E-state index contributed by atoms with van der Waals surface area (Å²) in [6, 6.07) is 18.0. The Labute approximate surface area is 166 Å². The van der Waals surface area contributed by atoms with Gasteiger partial charge in [0, 0.05) is 31.5 Å². The molecule has 142 valence electrons. The Balaban J connectivity index is 1.08. The van der Waals surface area contributed by atoms with Gasteiger partial charge >= 0.3 is 0 Å². The molecule has 28 heavy (non-hydrogen) atoms. The topological polar surface area (TPSA) is 45.5 Å². The first-order chi connectivity index (χ1) is 13.8. The van der Waals surface area contributed by atoms with E-state index in [1.54, 1.807) is 0 Å². The van der Waals surface area contributed by atoms with Gasteiger partial charge in [0.2, 0.25) is 0 Å². The number of rotatable bonds is 6. The molecule has 0 unspecified atom stereocenters. The molecule has 0 aromatic heterocycles. The Hall–Kier alpha value is -2.61. The molecule has 4 nitrogen and oxygen atoms in total. The quantitative estimate of drug-likeness (QED) is 0.570. The van der Waals surface area contributed by atoms with Crippen LogP contribution in [0.5, 0.6) is 5.75 Å². The molecule has 3 aliphatic heterocycles. The highest BCUT2D eigenvalue weighted by Crippen LogP contribution is 2.43. The average Bonchev–Trinajstić information content (AvgIpc) is 3.45. The molecular formula is C24H24N2O2. The fourth-order valence-corrected chi connectivity index (χ4v) is 4.76. The van der Waals surface area contributed by atoms with Gasteiger partial charge in [-0.3, -0.25) is 0 Å². The van der Waals surface area contributed by atoms with E-state index in [2.05, 4.69) is 35.3 Å². The van der Waals surface area contributed by atoms with E-state index in [9.17, 15) is 0 Å². The molecule has 4 atom stereocenters. The molecule has 4 heteroatoms. The van der Waals surface area contributed by atoms with Crippen molar-refractivity contribution in [3.8, 4) is 22.9 Å². The van der Waals surface area contributed by atoms with Gasteiger partial charge < -0.3 is 14.4 Å². The molecular weight excluding hydrogens is 348 g/mol. The number of likely N-dealkylation sites (tertiary alicyclic amines) is 1. The molecule has 0 spiro atoms. The Bertz CT molecular complexity index is 878. The van der Waals surface area contributed by atoms with Gasteiger partial charge in [-0.25, -0.2) is 0 Å². The van der Waals surface area contributed by atoms with E-state index in [0.717, 1.165) is 49.5 Å². The van der Waals surface area contributed by atoms with Crippen molar-refractivity contribution in [3.05, 3.63) is 66.2 Å². The summed E-state index contributed by atoms with van der Waals surface area (Å²) in [5.41, 5.74) is 2.92. The highest BCUT2D eigenvalue weighted by atomic mass is 16.5. The lowest BCUT2D eigenvalue weighted by Crippen LogP contribution is -2.27. The van der Waals surface area contributed by atoms with Crippen LogP contribution in [0.2, 0.25) is 0 Å².